The number of fused-ring (bicyclic) bond motifs is 1. The normalized spacial score (nSPS) is 21.5. The van der Waals surface area contributed by atoms with Gasteiger partial charge < -0.3 is 0 Å². The lowest BCUT2D eigenvalue weighted by Crippen LogP contribution is -2.13. The second-order valence-electron chi connectivity index (χ2n) is 1.85. The van der Waals surface area contributed by atoms with Crippen molar-refractivity contribution in [2.75, 3.05) is 0 Å². The van der Waals surface area contributed by atoms with Crippen molar-refractivity contribution in [3.05, 3.63) is 11.8 Å². The van der Waals surface area contributed by atoms with Gasteiger partial charge in [0.1, 0.15) is 0 Å². The van der Waals surface area contributed by atoms with E-state index in [2.05, 4.69) is 15.2 Å². The van der Waals surface area contributed by atoms with Gasteiger partial charge in [0.25, 0.3) is 0 Å². The van der Waals surface area contributed by atoms with Gasteiger partial charge in [-0.25, -0.2) is 4.99 Å². The van der Waals surface area contributed by atoms with Gasteiger partial charge in [-0.1, -0.05) is 0 Å². The quantitative estimate of drug-likeness (QED) is 0.532. The molecule has 0 aromatic rings. The lowest BCUT2D eigenvalue weighted by Gasteiger charge is -2.04. The fraction of sp³-hybridized carbons (Fsp3) is 0. The molecule has 2 aliphatic rings. The van der Waals surface area contributed by atoms with Crippen molar-refractivity contribution >= 4 is 39.3 Å². The van der Waals surface area contributed by atoms with E-state index in [1.54, 1.807) is 0 Å². The van der Waals surface area contributed by atoms with Gasteiger partial charge in [0.05, 0.1) is 11.8 Å². The lowest BCUT2D eigenvalue weighted by molar-refractivity contribution is -0.107. The van der Waals surface area contributed by atoms with Crippen LogP contribution in [0.2, 0.25) is 0 Å². The van der Waals surface area contributed by atoms with Crippen LogP contribution in [0.25, 0.3) is 0 Å². The number of hydrogen-bond donors (Lipinski definition) is 0. The SMILES string of the molecule is O=C1SC(=S)N=C2N=NC=C12. The molecule has 0 unspecified atom stereocenters. The van der Waals surface area contributed by atoms with Crippen molar-refractivity contribution in [2.24, 2.45) is 15.2 Å². The Hall–Kier alpha value is -0.880. The number of carbonyl (C=O) groups excluding carboxylic acids is 1. The predicted molar refractivity (Wildman–Crippen MR) is 45.6 cm³/mol. The van der Waals surface area contributed by atoms with Crippen molar-refractivity contribution in [3.8, 4) is 0 Å². The fourth-order valence-corrected chi connectivity index (χ4v) is 1.58. The highest BCUT2D eigenvalue weighted by Gasteiger charge is 2.26. The first-order valence-electron chi connectivity index (χ1n) is 2.73. The Morgan fingerprint density at radius 1 is 1.55 bits per heavy atom. The Labute approximate surface area is 71.5 Å². The molecule has 0 saturated heterocycles. The maximum atomic E-state index is 11.1. The standard InChI is InChI=1S/C5HN3OS2/c9-4-2-1-6-8-3(2)7-5(10)11-4/h1H. The van der Waals surface area contributed by atoms with Crippen LogP contribution in [-0.2, 0) is 4.79 Å². The van der Waals surface area contributed by atoms with Crippen LogP contribution in [0, 0.1) is 0 Å². The second-order valence-corrected chi connectivity index (χ2v) is 3.46. The molecule has 2 heterocycles. The average molecular weight is 183 g/mol. The molecule has 0 bridgehead atoms. The molecule has 0 saturated carbocycles. The minimum atomic E-state index is -0.120. The van der Waals surface area contributed by atoms with Crippen molar-refractivity contribution in [1.29, 1.82) is 0 Å². The van der Waals surface area contributed by atoms with Gasteiger partial charge in [0.15, 0.2) is 10.2 Å². The summed E-state index contributed by atoms with van der Waals surface area (Å²) in [5.41, 5.74) is 0.448. The summed E-state index contributed by atoms with van der Waals surface area (Å²) in [6.07, 6.45) is 1.40. The zero-order chi connectivity index (χ0) is 7.84. The van der Waals surface area contributed by atoms with E-state index < -0.39 is 0 Å². The van der Waals surface area contributed by atoms with Gasteiger partial charge in [-0.15, -0.1) is 5.11 Å². The van der Waals surface area contributed by atoms with E-state index in [0.29, 0.717) is 15.7 Å². The number of thioether (sulfide) groups is 1. The van der Waals surface area contributed by atoms with Crippen LogP contribution in [-0.4, -0.2) is 15.3 Å². The summed E-state index contributed by atoms with van der Waals surface area (Å²) in [4.78, 5) is 14.9. The summed E-state index contributed by atoms with van der Waals surface area (Å²) in [7, 11) is 0. The van der Waals surface area contributed by atoms with Crippen molar-refractivity contribution in [3.63, 3.8) is 0 Å². The molecule has 0 amide bonds. The Morgan fingerprint density at radius 3 is 3.18 bits per heavy atom. The molecule has 0 spiro atoms. The van der Waals surface area contributed by atoms with Crippen LogP contribution in [0.15, 0.2) is 27.0 Å². The summed E-state index contributed by atoms with van der Waals surface area (Å²) in [5, 5.41) is 7.05. The number of rotatable bonds is 0. The van der Waals surface area contributed by atoms with Crippen LogP contribution in [0.4, 0.5) is 0 Å². The van der Waals surface area contributed by atoms with Crippen molar-refractivity contribution < 1.29 is 4.79 Å². The predicted octanol–water partition coefficient (Wildman–Crippen LogP) is 1.29. The highest BCUT2D eigenvalue weighted by atomic mass is 32.2. The summed E-state index contributed by atoms with van der Waals surface area (Å²) >= 11 is 5.67. The van der Waals surface area contributed by atoms with Gasteiger partial charge >= 0.3 is 0 Å². The number of amidine groups is 1. The monoisotopic (exact) mass is 183 g/mol. The first kappa shape index (κ1) is 6.81. The van der Waals surface area contributed by atoms with Crippen LogP contribution < -0.4 is 0 Å². The largest absolute Gasteiger partial charge is 0.281 e. The van der Waals surface area contributed by atoms with E-state index in [1.807, 2.05) is 0 Å². The van der Waals surface area contributed by atoms with E-state index in [9.17, 15) is 4.79 Å². The number of carbonyl (C=O) groups is 1. The maximum absolute atomic E-state index is 11.1. The summed E-state index contributed by atoms with van der Waals surface area (Å²) < 4.78 is 0.308. The molecule has 0 aromatic heterocycles. The van der Waals surface area contributed by atoms with Gasteiger partial charge in [-0.05, 0) is 24.0 Å². The molecule has 0 aliphatic carbocycles. The van der Waals surface area contributed by atoms with Gasteiger partial charge in [0, 0.05) is 0 Å². The Kier molecular flexibility index (Phi) is 1.43. The van der Waals surface area contributed by atoms with E-state index in [0.717, 1.165) is 11.8 Å². The molecule has 0 radical (unpaired) electrons. The van der Waals surface area contributed by atoms with Gasteiger partial charge in [-0.2, -0.15) is 5.11 Å². The number of nitrogens with zero attached hydrogens (tertiary/aromatic N) is 3. The third-order valence-corrected chi connectivity index (χ3v) is 2.19. The Balaban J connectivity index is 2.53. The maximum Gasteiger partial charge on any atom is 0.231 e. The minimum absolute atomic E-state index is 0.120. The summed E-state index contributed by atoms with van der Waals surface area (Å²) in [6, 6.07) is 0. The molecule has 0 atom stereocenters. The molecule has 11 heavy (non-hydrogen) atoms. The molecule has 6 heteroatoms. The van der Waals surface area contributed by atoms with E-state index in [-0.39, 0.29) is 5.12 Å². The zero-order valence-corrected chi connectivity index (χ0v) is 6.78. The van der Waals surface area contributed by atoms with Crippen LogP contribution in [0.1, 0.15) is 0 Å². The fourth-order valence-electron chi connectivity index (χ4n) is 0.723. The number of thiocarbonyl (C=S) groups is 1. The zero-order valence-electron chi connectivity index (χ0n) is 5.14. The third-order valence-electron chi connectivity index (χ3n) is 1.18. The third kappa shape index (κ3) is 1.04. The van der Waals surface area contributed by atoms with Gasteiger partial charge in [-0.3, -0.25) is 4.79 Å². The smallest absolute Gasteiger partial charge is 0.231 e. The molecule has 2 rings (SSSR count). The molecular weight excluding hydrogens is 182 g/mol. The van der Waals surface area contributed by atoms with E-state index in [1.165, 1.54) is 6.20 Å². The molecular formula is C5HN3OS2. The Bertz CT molecular complexity index is 342. The molecule has 0 fully saturated rings. The van der Waals surface area contributed by atoms with Crippen LogP contribution >= 0.6 is 24.0 Å². The summed E-state index contributed by atoms with van der Waals surface area (Å²) in [6.45, 7) is 0. The van der Waals surface area contributed by atoms with E-state index >= 15 is 0 Å². The topological polar surface area (TPSA) is 54.1 Å². The highest BCUT2D eigenvalue weighted by Crippen LogP contribution is 2.24. The minimum Gasteiger partial charge on any atom is -0.281 e. The van der Waals surface area contributed by atoms with E-state index in [4.69, 9.17) is 12.2 Å². The lowest BCUT2D eigenvalue weighted by atomic mass is 10.3. The molecule has 54 valence electrons. The Morgan fingerprint density at radius 2 is 2.36 bits per heavy atom. The number of hydrogen-bond acceptors (Lipinski definition) is 5. The highest BCUT2D eigenvalue weighted by molar-refractivity contribution is 8.33. The molecule has 0 N–H and O–H groups in total. The molecule has 0 aromatic carbocycles. The summed E-state index contributed by atoms with van der Waals surface area (Å²) in [5.74, 6) is 0.346. The number of aliphatic imine (C=N–C) groups is 1. The second kappa shape index (κ2) is 2.31. The first-order valence-corrected chi connectivity index (χ1v) is 3.96. The molecule has 4 nitrogen and oxygen atoms in total. The van der Waals surface area contributed by atoms with Crippen LogP contribution in [0.5, 0.6) is 0 Å². The van der Waals surface area contributed by atoms with Gasteiger partial charge in [0.2, 0.25) is 5.12 Å². The van der Waals surface area contributed by atoms with Crippen LogP contribution in [0.3, 0.4) is 0 Å². The van der Waals surface area contributed by atoms with Crippen molar-refractivity contribution in [1.82, 2.24) is 0 Å². The average Bonchev–Trinajstić information content (AvgIpc) is 2.34. The first-order chi connectivity index (χ1) is 5.27. The molecule has 2 aliphatic heterocycles. The van der Waals surface area contributed by atoms with Crippen molar-refractivity contribution in [2.45, 2.75) is 0 Å². The number of azo groups is 1.